The van der Waals surface area contributed by atoms with E-state index in [1.807, 2.05) is 0 Å². The van der Waals surface area contributed by atoms with E-state index in [1.165, 1.54) is 7.11 Å². The average Bonchev–Trinajstić information content (AvgIpc) is 3.15. The molecule has 4 rings (SSSR count). The number of ether oxygens (including phenoxy) is 3. The molecule has 2 aromatic heterocycles. The van der Waals surface area contributed by atoms with Crippen LogP contribution in [0.5, 0.6) is 5.88 Å². The molecule has 2 saturated heterocycles. The van der Waals surface area contributed by atoms with Gasteiger partial charge in [0.05, 0.1) is 20.3 Å². The molecule has 0 N–H and O–H groups in total. The Hall–Kier alpha value is -2.68. The number of hydrogen-bond acceptors (Lipinski definition) is 8. The molecule has 0 saturated carbocycles. The Kier molecular flexibility index (Phi) is 4.70. The lowest BCUT2D eigenvalue weighted by molar-refractivity contribution is -0.0813. The molecule has 26 heavy (non-hydrogen) atoms. The van der Waals surface area contributed by atoms with Crippen molar-refractivity contribution in [1.82, 2.24) is 20.0 Å². The van der Waals surface area contributed by atoms with Crippen LogP contribution in [0.25, 0.3) is 11.5 Å². The number of carbonyl (C=O) groups is 1. The van der Waals surface area contributed by atoms with E-state index in [1.54, 1.807) is 23.2 Å². The maximum atomic E-state index is 11.6. The van der Waals surface area contributed by atoms with Crippen molar-refractivity contribution in [3.63, 3.8) is 0 Å². The highest BCUT2D eigenvalue weighted by atomic mass is 16.6. The first-order valence-electron chi connectivity index (χ1n) is 8.60. The van der Waals surface area contributed by atoms with Crippen molar-refractivity contribution in [1.29, 1.82) is 0 Å². The molecule has 1 amide bonds. The zero-order valence-electron chi connectivity index (χ0n) is 14.5. The summed E-state index contributed by atoms with van der Waals surface area (Å²) >= 11 is 0. The monoisotopic (exact) mass is 360 g/mol. The first kappa shape index (κ1) is 16.8. The molecule has 9 nitrogen and oxygen atoms in total. The topological polar surface area (TPSA) is 99.8 Å². The van der Waals surface area contributed by atoms with Crippen LogP contribution in [-0.4, -0.2) is 65.6 Å². The number of nitrogens with zero attached hydrogens (tertiary/aromatic N) is 4. The van der Waals surface area contributed by atoms with Crippen molar-refractivity contribution in [2.75, 3.05) is 33.4 Å². The van der Waals surface area contributed by atoms with Gasteiger partial charge >= 0.3 is 6.09 Å². The number of methoxy groups -OCH3 is 1. The van der Waals surface area contributed by atoms with Gasteiger partial charge in [-0.2, -0.15) is 4.98 Å². The number of amides is 1. The van der Waals surface area contributed by atoms with Crippen molar-refractivity contribution in [2.24, 2.45) is 0 Å². The molecule has 0 atom stereocenters. The summed E-state index contributed by atoms with van der Waals surface area (Å²) in [5.41, 5.74) is 0.765. The molecule has 0 aliphatic carbocycles. The fourth-order valence-electron chi connectivity index (χ4n) is 3.03. The van der Waals surface area contributed by atoms with Crippen LogP contribution in [0.4, 0.5) is 4.79 Å². The molecule has 138 valence electrons. The van der Waals surface area contributed by atoms with Crippen molar-refractivity contribution in [3.05, 3.63) is 24.2 Å². The SMILES string of the molecule is COC(=O)N1CCC(c2noc(-c3ccnc(OC4COC4)c3)n2)CC1. The Bertz CT molecular complexity index is 768. The second kappa shape index (κ2) is 7.28. The number of carbonyl (C=O) groups excluding carboxylic acids is 1. The summed E-state index contributed by atoms with van der Waals surface area (Å²) in [4.78, 5) is 22.0. The van der Waals surface area contributed by atoms with Crippen LogP contribution in [0.15, 0.2) is 22.9 Å². The number of piperidine rings is 1. The van der Waals surface area contributed by atoms with Crippen molar-refractivity contribution in [2.45, 2.75) is 24.9 Å². The second-order valence-corrected chi connectivity index (χ2v) is 6.35. The summed E-state index contributed by atoms with van der Waals surface area (Å²) in [5, 5.41) is 4.12. The molecule has 0 radical (unpaired) electrons. The highest BCUT2D eigenvalue weighted by molar-refractivity contribution is 5.67. The first-order chi connectivity index (χ1) is 12.7. The minimum atomic E-state index is -0.293. The Morgan fingerprint density at radius 3 is 2.81 bits per heavy atom. The van der Waals surface area contributed by atoms with Crippen LogP contribution in [0.1, 0.15) is 24.6 Å². The van der Waals surface area contributed by atoms with Crippen LogP contribution >= 0.6 is 0 Å². The second-order valence-electron chi connectivity index (χ2n) is 6.35. The molecule has 4 heterocycles. The smallest absolute Gasteiger partial charge is 0.409 e. The van der Waals surface area contributed by atoms with E-state index in [0.717, 1.165) is 18.4 Å². The van der Waals surface area contributed by atoms with Crippen LogP contribution in [-0.2, 0) is 9.47 Å². The first-order valence-corrected chi connectivity index (χ1v) is 8.60. The van der Waals surface area contributed by atoms with Gasteiger partial charge in [-0.3, -0.25) is 0 Å². The van der Waals surface area contributed by atoms with Gasteiger partial charge in [0.25, 0.3) is 5.89 Å². The van der Waals surface area contributed by atoms with E-state index in [4.69, 9.17) is 18.7 Å². The Morgan fingerprint density at radius 2 is 2.12 bits per heavy atom. The Labute approximate surface area is 150 Å². The minimum Gasteiger partial charge on any atom is -0.469 e. The number of aromatic nitrogens is 3. The molecule has 0 aromatic carbocycles. The molecule has 2 fully saturated rings. The number of pyridine rings is 1. The molecule has 0 spiro atoms. The average molecular weight is 360 g/mol. The molecular weight excluding hydrogens is 340 g/mol. The summed E-state index contributed by atoms with van der Waals surface area (Å²) in [6.45, 7) is 2.41. The van der Waals surface area contributed by atoms with E-state index < -0.39 is 0 Å². The molecule has 9 heteroatoms. The van der Waals surface area contributed by atoms with E-state index in [9.17, 15) is 4.79 Å². The standard InChI is InChI=1S/C17H20N4O5/c1-23-17(22)21-6-3-11(4-7-21)15-19-16(26-20-15)12-2-5-18-14(8-12)25-13-9-24-10-13/h2,5,8,11,13H,3-4,6-7,9-10H2,1H3. The number of rotatable bonds is 4. The van der Waals surface area contributed by atoms with E-state index in [-0.39, 0.29) is 18.1 Å². The van der Waals surface area contributed by atoms with Crippen LogP contribution in [0.3, 0.4) is 0 Å². The largest absolute Gasteiger partial charge is 0.469 e. The lowest BCUT2D eigenvalue weighted by Gasteiger charge is -2.29. The molecular formula is C17H20N4O5. The van der Waals surface area contributed by atoms with Gasteiger partial charge in [0.15, 0.2) is 5.82 Å². The van der Waals surface area contributed by atoms with Crippen molar-refractivity contribution >= 4 is 6.09 Å². The summed E-state index contributed by atoms with van der Waals surface area (Å²) in [6.07, 6.45) is 2.97. The van der Waals surface area contributed by atoms with Crippen LogP contribution in [0.2, 0.25) is 0 Å². The van der Waals surface area contributed by atoms with Crippen molar-refractivity contribution in [3.8, 4) is 17.3 Å². The zero-order valence-corrected chi connectivity index (χ0v) is 14.5. The summed E-state index contributed by atoms with van der Waals surface area (Å²) in [5.74, 6) is 1.78. The number of likely N-dealkylation sites (tertiary alicyclic amines) is 1. The van der Waals surface area contributed by atoms with Gasteiger partial charge in [0.1, 0.15) is 6.10 Å². The fraction of sp³-hybridized carbons (Fsp3) is 0.529. The maximum Gasteiger partial charge on any atom is 0.409 e. The lowest BCUT2D eigenvalue weighted by Crippen LogP contribution is -2.38. The third kappa shape index (κ3) is 3.48. The predicted molar refractivity (Wildman–Crippen MR) is 88.7 cm³/mol. The van der Waals surface area contributed by atoms with Gasteiger partial charge in [-0.15, -0.1) is 0 Å². The predicted octanol–water partition coefficient (Wildman–Crippen LogP) is 1.85. The lowest BCUT2D eigenvalue weighted by atomic mass is 9.96. The fourth-order valence-corrected chi connectivity index (χ4v) is 3.03. The van der Waals surface area contributed by atoms with Gasteiger partial charge in [0.2, 0.25) is 5.88 Å². The normalized spacial score (nSPS) is 18.4. The molecule has 2 aromatic rings. The van der Waals surface area contributed by atoms with Crippen molar-refractivity contribution < 1.29 is 23.5 Å². The molecule has 2 aliphatic rings. The molecule has 0 bridgehead atoms. The third-order valence-corrected chi connectivity index (χ3v) is 4.61. The third-order valence-electron chi connectivity index (χ3n) is 4.61. The number of hydrogen-bond donors (Lipinski definition) is 0. The Balaban J connectivity index is 1.42. The van der Waals surface area contributed by atoms with Gasteiger partial charge in [-0.25, -0.2) is 9.78 Å². The van der Waals surface area contributed by atoms with Crippen LogP contribution < -0.4 is 4.74 Å². The highest BCUT2D eigenvalue weighted by Gasteiger charge is 2.27. The van der Waals surface area contributed by atoms with Gasteiger partial charge in [0, 0.05) is 36.8 Å². The van der Waals surface area contributed by atoms with Crippen LogP contribution in [0, 0.1) is 0 Å². The summed E-state index contributed by atoms with van der Waals surface area (Å²) in [7, 11) is 1.39. The summed E-state index contributed by atoms with van der Waals surface area (Å²) < 4.78 is 21.0. The highest BCUT2D eigenvalue weighted by Crippen LogP contribution is 2.29. The van der Waals surface area contributed by atoms with Gasteiger partial charge in [-0.1, -0.05) is 5.16 Å². The minimum absolute atomic E-state index is 0.0518. The summed E-state index contributed by atoms with van der Waals surface area (Å²) in [6, 6.07) is 3.59. The Morgan fingerprint density at radius 1 is 1.31 bits per heavy atom. The quantitative estimate of drug-likeness (QED) is 0.814. The molecule has 2 aliphatic heterocycles. The zero-order chi connectivity index (χ0) is 17.9. The van der Waals surface area contributed by atoms with E-state index >= 15 is 0 Å². The van der Waals surface area contributed by atoms with E-state index in [2.05, 4.69) is 15.1 Å². The van der Waals surface area contributed by atoms with Gasteiger partial charge in [-0.05, 0) is 18.9 Å². The van der Waals surface area contributed by atoms with Gasteiger partial charge < -0.3 is 23.6 Å². The van der Waals surface area contributed by atoms with E-state index in [0.29, 0.717) is 43.9 Å². The molecule has 0 unspecified atom stereocenters. The maximum absolute atomic E-state index is 11.6.